The normalized spacial score (nSPS) is 11.2. The van der Waals surface area contributed by atoms with Gasteiger partial charge in [-0.05, 0) is 23.4 Å². The van der Waals surface area contributed by atoms with Crippen molar-refractivity contribution in [2.45, 2.75) is 6.18 Å². The minimum Gasteiger partial charge on any atom is -0.322 e. The number of carbonyl (C=O) groups excluding carboxylic acids is 1. The first-order valence-corrected chi connectivity index (χ1v) is 7.26. The van der Waals surface area contributed by atoms with Crippen molar-refractivity contribution in [2.75, 3.05) is 5.32 Å². The van der Waals surface area contributed by atoms with Crippen molar-refractivity contribution in [2.24, 2.45) is 0 Å². The fourth-order valence-corrected chi connectivity index (χ4v) is 2.30. The zero-order chi connectivity index (χ0) is 19.6. The molecule has 0 fully saturated rings. The second-order valence-electron chi connectivity index (χ2n) is 5.26. The number of aromatic amines is 1. The van der Waals surface area contributed by atoms with Crippen LogP contribution in [0.4, 0.5) is 24.5 Å². The van der Waals surface area contributed by atoms with E-state index in [-0.39, 0.29) is 11.5 Å². The van der Waals surface area contributed by atoms with Gasteiger partial charge >= 0.3 is 6.18 Å². The minimum absolute atomic E-state index is 0.189. The van der Waals surface area contributed by atoms with Crippen LogP contribution in [-0.4, -0.2) is 31.5 Å². The largest absolute Gasteiger partial charge is 0.417 e. The molecule has 0 radical (unpaired) electrons. The van der Waals surface area contributed by atoms with Crippen LogP contribution in [0.2, 0.25) is 0 Å². The van der Waals surface area contributed by atoms with Gasteiger partial charge in [-0.15, -0.1) is 10.2 Å². The monoisotopic (exact) mass is 378 g/mol. The van der Waals surface area contributed by atoms with E-state index in [1.165, 1.54) is 12.1 Å². The zero-order valence-electron chi connectivity index (χ0n) is 13.2. The van der Waals surface area contributed by atoms with Gasteiger partial charge in [0.15, 0.2) is 0 Å². The van der Waals surface area contributed by atoms with Crippen LogP contribution in [0.25, 0.3) is 11.4 Å². The number of non-ortho nitro benzene ring substituents is 1. The van der Waals surface area contributed by atoms with Crippen molar-refractivity contribution in [1.29, 1.82) is 0 Å². The lowest BCUT2D eigenvalue weighted by molar-refractivity contribution is -0.385. The molecular formula is C15H9F3N6O3. The molecular weight excluding hydrogens is 369 g/mol. The Morgan fingerprint density at radius 1 is 1.19 bits per heavy atom. The summed E-state index contributed by atoms with van der Waals surface area (Å²) in [5, 5.41) is 26.2. The third kappa shape index (κ3) is 3.89. The molecule has 0 aliphatic carbocycles. The number of nitro groups is 1. The summed E-state index contributed by atoms with van der Waals surface area (Å²) in [7, 11) is 0. The summed E-state index contributed by atoms with van der Waals surface area (Å²) in [5.74, 6) is -0.833. The molecule has 1 aromatic heterocycles. The van der Waals surface area contributed by atoms with E-state index in [1.54, 1.807) is 12.1 Å². The topological polar surface area (TPSA) is 127 Å². The van der Waals surface area contributed by atoms with Crippen LogP contribution in [0.15, 0.2) is 42.5 Å². The third-order valence-corrected chi connectivity index (χ3v) is 3.49. The van der Waals surface area contributed by atoms with Crippen molar-refractivity contribution in [3.05, 3.63) is 63.7 Å². The fraction of sp³-hybridized carbons (Fsp3) is 0.0667. The molecule has 138 valence electrons. The van der Waals surface area contributed by atoms with Gasteiger partial charge in [0.2, 0.25) is 5.82 Å². The highest BCUT2D eigenvalue weighted by Gasteiger charge is 2.37. The predicted molar refractivity (Wildman–Crippen MR) is 85.7 cm³/mol. The number of alkyl halides is 3. The quantitative estimate of drug-likeness (QED) is 0.531. The summed E-state index contributed by atoms with van der Waals surface area (Å²) in [5.41, 5.74) is -2.24. The molecule has 1 heterocycles. The fourth-order valence-electron chi connectivity index (χ4n) is 2.30. The molecule has 0 atom stereocenters. The number of anilines is 1. The number of aromatic nitrogens is 4. The zero-order valence-corrected chi connectivity index (χ0v) is 13.2. The van der Waals surface area contributed by atoms with Crippen LogP contribution < -0.4 is 5.32 Å². The molecule has 0 saturated heterocycles. The number of tetrazole rings is 1. The van der Waals surface area contributed by atoms with Gasteiger partial charge in [-0.1, -0.05) is 12.1 Å². The Balaban J connectivity index is 1.93. The Bertz CT molecular complexity index is 1000. The van der Waals surface area contributed by atoms with Gasteiger partial charge in [0.1, 0.15) is 0 Å². The summed E-state index contributed by atoms with van der Waals surface area (Å²) < 4.78 is 39.6. The molecule has 0 spiro atoms. The average molecular weight is 378 g/mol. The molecule has 0 bridgehead atoms. The van der Waals surface area contributed by atoms with Gasteiger partial charge in [0.25, 0.3) is 11.6 Å². The molecule has 3 aromatic rings. The predicted octanol–water partition coefficient (Wildman–Crippen LogP) is 3.05. The maximum Gasteiger partial charge on any atom is 0.417 e. The van der Waals surface area contributed by atoms with Crippen LogP contribution in [0.3, 0.4) is 0 Å². The number of nitrogens with zero attached hydrogens (tertiary/aromatic N) is 4. The van der Waals surface area contributed by atoms with Crippen LogP contribution >= 0.6 is 0 Å². The number of amides is 1. The maximum absolute atomic E-state index is 13.2. The first-order valence-electron chi connectivity index (χ1n) is 7.26. The van der Waals surface area contributed by atoms with Crippen LogP contribution in [0.5, 0.6) is 0 Å². The van der Waals surface area contributed by atoms with Crippen LogP contribution in [0.1, 0.15) is 15.9 Å². The van der Waals surface area contributed by atoms with Gasteiger partial charge in [-0.25, -0.2) is 0 Å². The van der Waals surface area contributed by atoms with Gasteiger partial charge in [0, 0.05) is 23.4 Å². The molecule has 0 unspecified atom stereocenters. The van der Waals surface area contributed by atoms with E-state index in [9.17, 15) is 28.1 Å². The molecule has 9 nitrogen and oxygen atoms in total. The van der Waals surface area contributed by atoms with E-state index >= 15 is 0 Å². The highest BCUT2D eigenvalue weighted by atomic mass is 19.4. The second-order valence-corrected chi connectivity index (χ2v) is 5.26. The smallest absolute Gasteiger partial charge is 0.322 e. The molecule has 3 rings (SSSR count). The van der Waals surface area contributed by atoms with E-state index < -0.39 is 33.8 Å². The molecule has 12 heteroatoms. The van der Waals surface area contributed by atoms with Crippen molar-refractivity contribution >= 4 is 17.3 Å². The number of hydrogen-bond donors (Lipinski definition) is 2. The Kier molecular flexibility index (Phi) is 4.54. The first kappa shape index (κ1) is 18.0. The molecule has 0 saturated carbocycles. The SMILES string of the molecule is O=C(Nc1cccc(-c2nn[nH]n2)c1)c1ccc([N+](=O)[O-])cc1C(F)(F)F. The van der Waals surface area contributed by atoms with E-state index in [0.29, 0.717) is 11.6 Å². The molecule has 0 aliphatic rings. The van der Waals surface area contributed by atoms with Gasteiger partial charge in [0.05, 0.1) is 16.1 Å². The summed E-state index contributed by atoms with van der Waals surface area (Å²) in [6.45, 7) is 0. The maximum atomic E-state index is 13.2. The Morgan fingerprint density at radius 3 is 2.59 bits per heavy atom. The van der Waals surface area contributed by atoms with E-state index in [4.69, 9.17) is 0 Å². The number of nitrogens with one attached hydrogen (secondary N) is 2. The number of benzene rings is 2. The van der Waals surface area contributed by atoms with Crippen molar-refractivity contribution in [3.63, 3.8) is 0 Å². The van der Waals surface area contributed by atoms with E-state index in [0.717, 1.165) is 12.1 Å². The number of carbonyl (C=O) groups is 1. The summed E-state index contributed by atoms with van der Waals surface area (Å²) in [4.78, 5) is 22.1. The van der Waals surface area contributed by atoms with Crippen LogP contribution in [0, 0.1) is 10.1 Å². The first-order chi connectivity index (χ1) is 12.8. The number of hydrogen-bond acceptors (Lipinski definition) is 6. The van der Waals surface area contributed by atoms with E-state index in [2.05, 4.69) is 25.9 Å². The lowest BCUT2D eigenvalue weighted by atomic mass is 10.0. The highest BCUT2D eigenvalue weighted by Crippen LogP contribution is 2.34. The third-order valence-electron chi connectivity index (χ3n) is 3.49. The Hall–Kier alpha value is -3.83. The number of rotatable bonds is 4. The minimum atomic E-state index is -4.94. The van der Waals surface area contributed by atoms with Gasteiger partial charge < -0.3 is 5.32 Å². The molecule has 0 aliphatic heterocycles. The lowest BCUT2D eigenvalue weighted by Crippen LogP contribution is -2.19. The highest BCUT2D eigenvalue weighted by molar-refractivity contribution is 6.05. The van der Waals surface area contributed by atoms with Crippen molar-refractivity contribution in [1.82, 2.24) is 20.6 Å². The Morgan fingerprint density at radius 2 is 1.96 bits per heavy atom. The number of nitro benzene ring substituents is 1. The standard InChI is InChI=1S/C15H9F3N6O3/c16-15(17,18)12-7-10(24(26)27)4-5-11(12)14(25)19-9-3-1-2-8(6-9)13-20-22-23-21-13/h1-7H,(H,19,25)(H,20,21,22,23). The number of halogens is 3. The van der Waals surface area contributed by atoms with Gasteiger partial charge in [-0.3, -0.25) is 14.9 Å². The Labute approximate surface area is 148 Å². The molecule has 27 heavy (non-hydrogen) atoms. The lowest BCUT2D eigenvalue weighted by Gasteiger charge is -2.13. The summed E-state index contributed by atoms with van der Waals surface area (Å²) in [6, 6.07) is 7.99. The second kappa shape index (κ2) is 6.82. The van der Waals surface area contributed by atoms with Crippen molar-refractivity contribution in [3.8, 4) is 11.4 Å². The summed E-state index contributed by atoms with van der Waals surface area (Å²) >= 11 is 0. The molecule has 1 amide bonds. The van der Waals surface area contributed by atoms with Crippen LogP contribution in [-0.2, 0) is 6.18 Å². The molecule has 2 N–H and O–H groups in total. The average Bonchev–Trinajstić information content (AvgIpc) is 3.15. The summed E-state index contributed by atoms with van der Waals surface area (Å²) in [6.07, 6.45) is -4.94. The van der Waals surface area contributed by atoms with E-state index in [1.807, 2.05) is 0 Å². The van der Waals surface area contributed by atoms with Gasteiger partial charge in [-0.2, -0.15) is 18.4 Å². The molecule has 2 aromatic carbocycles. The van der Waals surface area contributed by atoms with Crippen molar-refractivity contribution < 1.29 is 22.9 Å². The number of H-pyrrole nitrogens is 1.